The fraction of sp³-hybridized carbons (Fsp3) is 0.368. The van der Waals surface area contributed by atoms with Crippen LogP contribution in [0.25, 0.3) is 0 Å². The van der Waals surface area contributed by atoms with Gasteiger partial charge in [0.2, 0.25) is 0 Å². The lowest BCUT2D eigenvalue weighted by Crippen LogP contribution is -2.18. The molecule has 0 aliphatic heterocycles. The number of nitrogens with two attached hydrogens (primary N) is 1. The largest absolute Gasteiger partial charge is 0.375 e. The first-order chi connectivity index (χ1) is 12.6. The number of nitro benzene ring substituents is 1. The molecule has 2 rings (SSSR count). The van der Waals surface area contributed by atoms with E-state index in [-0.39, 0.29) is 5.69 Å². The van der Waals surface area contributed by atoms with E-state index in [4.69, 9.17) is 5.73 Å². The summed E-state index contributed by atoms with van der Waals surface area (Å²) >= 11 is 0. The van der Waals surface area contributed by atoms with Gasteiger partial charge in [0.15, 0.2) is 0 Å². The summed E-state index contributed by atoms with van der Waals surface area (Å²) in [6.45, 7) is 1.78. The van der Waals surface area contributed by atoms with Gasteiger partial charge < -0.3 is 10.6 Å². The van der Waals surface area contributed by atoms with Gasteiger partial charge in [0, 0.05) is 31.4 Å². The number of hydrogen-bond acceptors (Lipinski definition) is 6. The van der Waals surface area contributed by atoms with Gasteiger partial charge in [-0.1, -0.05) is 12.8 Å². The Morgan fingerprint density at radius 2 is 1.46 bits per heavy atom. The third kappa shape index (κ3) is 6.25. The normalized spacial score (nSPS) is 11.0. The van der Waals surface area contributed by atoms with Gasteiger partial charge in [0.1, 0.15) is 0 Å². The minimum absolute atomic E-state index is 0.0411. The molecule has 2 aromatic carbocycles. The third-order valence-corrected chi connectivity index (χ3v) is 4.08. The maximum absolute atomic E-state index is 10.6. The molecule has 0 heterocycles. The predicted octanol–water partition coefficient (Wildman–Crippen LogP) is 4.97. The number of anilines is 1. The Hall–Kier alpha value is -2.80. The number of nitrogens with zero attached hydrogens (tertiary/aromatic N) is 4. The summed E-state index contributed by atoms with van der Waals surface area (Å²) in [7, 11) is 2.08. The van der Waals surface area contributed by atoms with Crippen LogP contribution in [0.15, 0.2) is 58.8 Å². The third-order valence-electron chi connectivity index (χ3n) is 4.08. The van der Waals surface area contributed by atoms with Crippen molar-refractivity contribution >= 4 is 22.7 Å². The van der Waals surface area contributed by atoms with Crippen molar-refractivity contribution in [1.29, 1.82) is 0 Å². The van der Waals surface area contributed by atoms with Gasteiger partial charge in [-0.15, -0.1) is 0 Å². The zero-order valence-electron chi connectivity index (χ0n) is 15.0. The Morgan fingerprint density at radius 1 is 0.923 bits per heavy atom. The van der Waals surface area contributed by atoms with Crippen molar-refractivity contribution in [3.05, 3.63) is 58.6 Å². The number of azo groups is 1. The first-order valence-electron chi connectivity index (χ1n) is 8.77. The van der Waals surface area contributed by atoms with Gasteiger partial charge in [-0.2, -0.15) is 10.2 Å². The SMILES string of the molecule is CN(CCCCCCN)c1ccc(N=Nc2ccc([N+](=O)[O-])cc2)cc1. The van der Waals surface area contributed by atoms with Crippen LogP contribution in [0.5, 0.6) is 0 Å². The summed E-state index contributed by atoms with van der Waals surface area (Å²) in [5.41, 5.74) is 8.00. The molecule has 0 spiro atoms. The molecule has 0 saturated carbocycles. The summed E-state index contributed by atoms with van der Waals surface area (Å²) in [6, 6.07) is 13.8. The number of unbranched alkanes of at least 4 members (excludes halogenated alkanes) is 3. The number of rotatable bonds is 10. The van der Waals surface area contributed by atoms with E-state index < -0.39 is 4.92 Å². The monoisotopic (exact) mass is 355 g/mol. The van der Waals surface area contributed by atoms with Gasteiger partial charge in [0.05, 0.1) is 16.3 Å². The second-order valence-electron chi connectivity index (χ2n) is 6.11. The Morgan fingerprint density at radius 3 is 2.00 bits per heavy atom. The van der Waals surface area contributed by atoms with E-state index in [1.54, 1.807) is 12.1 Å². The lowest BCUT2D eigenvalue weighted by atomic mass is 10.2. The van der Waals surface area contributed by atoms with Gasteiger partial charge in [0.25, 0.3) is 5.69 Å². The van der Waals surface area contributed by atoms with Crippen molar-refractivity contribution in [2.75, 3.05) is 25.0 Å². The van der Waals surface area contributed by atoms with Crippen LogP contribution in [-0.2, 0) is 0 Å². The predicted molar refractivity (Wildman–Crippen MR) is 105 cm³/mol. The van der Waals surface area contributed by atoms with Crippen molar-refractivity contribution in [2.24, 2.45) is 16.0 Å². The fourth-order valence-corrected chi connectivity index (χ4v) is 2.51. The quantitative estimate of drug-likeness (QED) is 0.282. The molecule has 138 valence electrons. The maximum atomic E-state index is 10.6. The summed E-state index contributed by atoms with van der Waals surface area (Å²) in [4.78, 5) is 12.4. The molecule has 26 heavy (non-hydrogen) atoms. The van der Waals surface area contributed by atoms with Gasteiger partial charge in [-0.3, -0.25) is 10.1 Å². The van der Waals surface area contributed by atoms with Crippen molar-refractivity contribution in [1.82, 2.24) is 0 Å². The fourth-order valence-electron chi connectivity index (χ4n) is 2.51. The van der Waals surface area contributed by atoms with Crippen LogP contribution in [0.1, 0.15) is 25.7 Å². The van der Waals surface area contributed by atoms with Crippen molar-refractivity contribution < 1.29 is 4.92 Å². The van der Waals surface area contributed by atoms with E-state index in [9.17, 15) is 10.1 Å². The van der Waals surface area contributed by atoms with Crippen LogP contribution in [0.2, 0.25) is 0 Å². The van der Waals surface area contributed by atoms with Gasteiger partial charge in [-0.25, -0.2) is 0 Å². The standard InChI is InChI=1S/C19H25N5O2/c1-23(15-5-3-2-4-14-20)18-10-6-16(7-11-18)21-22-17-8-12-19(13-9-17)24(25)26/h6-13H,2-5,14-15,20H2,1H3. The Bertz CT molecular complexity index is 714. The van der Waals surface area contributed by atoms with E-state index in [0.717, 1.165) is 37.3 Å². The first-order valence-corrected chi connectivity index (χ1v) is 8.77. The van der Waals surface area contributed by atoms with E-state index in [0.29, 0.717) is 5.69 Å². The smallest absolute Gasteiger partial charge is 0.269 e. The molecule has 2 aromatic rings. The molecule has 7 nitrogen and oxygen atoms in total. The molecule has 0 unspecified atom stereocenters. The highest BCUT2D eigenvalue weighted by Gasteiger charge is 2.03. The molecule has 0 amide bonds. The molecule has 0 radical (unpaired) electrons. The number of hydrogen-bond donors (Lipinski definition) is 1. The average molecular weight is 355 g/mol. The highest BCUT2D eigenvalue weighted by molar-refractivity contribution is 5.52. The highest BCUT2D eigenvalue weighted by Crippen LogP contribution is 2.23. The van der Waals surface area contributed by atoms with Crippen LogP contribution in [0.4, 0.5) is 22.7 Å². The van der Waals surface area contributed by atoms with Crippen LogP contribution < -0.4 is 10.6 Å². The zero-order chi connectivity index (χ0) is 18.8. The highest BCUT2D eigenvalue weighted by atomic mass is 16.6. The Kier molecular flexibility index (Phi) is 7.70. The van der Waals surface area contributed by atoms with Crippen LogP contribution in [0, 0.1) is 10.1 Å². The minimum atomic E-state index is -0.436. The second-order valence-corrected chi connectivity index (χ2v) is 6.11. The van der Waals surface area contributed by atoms with Gasteiger partial charge >= 0.3 is 0 Å². The Balaban J connectivity index is 1.87. The van der Waals surface area contributed by atoms with E-state index in [2.05, 4.69) is 22.2 Å². The lowest BCUT2D eigenvalue weighted by molar-refractivity contribution is -0.384. The second kappa shape index (κ2) is 10.2. The zero-order valence-corrected chi connectivity index (χ0v) is 15.0. The number of non-ortho nitro benzene ring substituents is 1. The minimum Gasteiger partial charge on any atom is -0.375 e. The first kappa shape index (κ1) is 19.5. The van der Waals surface area contributed by atoms with E-state index in [1.807, 2.05) is 24.3 Å². The molecule has 7 heteroatoms. The molecule has 0 aromatic heterocycles. The molecule has 0 aliphatic rings. The molecule has 0 atom stereocenters. The van der Waals surface area contributed by atoms with Crippen LogP contribution in [0.3, 0.4) is 0 Å². The molecule has 0 fully saturated rings. The lowest BCUT2D eigenvalue weighted by Gasteiger charge is -2.19. The summed E-state index contributed by atoms with van der Waals surface area (Å²) < 4.78 is 0. The van der Waals surface area contributed by atoms with Crippen LogP contribution in [-0.4, -0.2) is 25.1 Å². The van der Waals surface area contributed by atoms with Crippen molar-refractivity contribution in [3.63, 3.8) is 0 Å². The molecule has 0 saturated heterocycles. The van der Waals surface area contributed by atoms with E-state index >= 15 is 0 Å². The maximum Gasteiger partial charge on any atom is 0.269 e. The van der Waals surface area contributed by atoms with E-state index in [1.165, 1.54) is 25.0 Å². The molecular formula is C19H25N5O2. The summed E-state index contributed by atoms with van der Waals surface area (Å²) in [5, 5.41) is 18.9. The summed E-state index contributed by atoms with van der Waals surface area (Å²) in [6.07, 6.45) is 4.63. The average Bonchev–Trinajstić information content (AvgIpc) is 2.66. The van der Waals surface area contributed by atoms with Gasteiger partial charge in [-0.05, 0) is 55.8 Å². The molecular weight excluding hydrogens is 330 g/mol. The number of nitro groups is 1. The molecule has 2 N–H and O–H groups in total. The molecule has 0 aliphatic carbocycles. The van der Waals surface area contributed by atoms with Crippen LogP contribution >= 0.6 is 0 Å². The number of benzene rings is 2. The topological polar surface area (TPSA) is 97.1 Å². The van der Waals surface area contributed by atoms with Crippen molar-refractivity contribution in [3.8, 4) is 0 Å². The molecule has 0 bridgehead atoms. The Labute approximate surface area is 153 Å². The van der Waals surface area contributed by atoms with Crippen molar-refractivity contribution in [2.45, 2.75) is 25.7 Å². The summed E-state index contributed by atoms with van der Waals surface area (Å²) in [5.74, 6) is 0.